The number of aromatic hydroxyl groups is 1. The summed E-state index contributed by atoms with van der Waals surface area (Å²) in [5.74, 6) is 0.633. The Morgan fingerprint density at radius 2 is 2.35 bits per heavy atom. The van der Waals surface area contributed by atoms with Gasteiger partial charge in [0.2, 0.25) is 0 Å². The van der Waals surface area contributed by atoms with Gasteiger partial charge in [0.15, 0.2) is 11.5 Å². The third kappa shape index (κ3) is 2.41. The maximum absolute atomic E-state index is 10.2. The van der Waals surface area contributed by atoms with Gasteiger partial charge in [-0.15, -0.1) is 0 Å². The van der Waals surface area contributed by atoms with Gasteiger partial charge in [0.05, 0.1) is 19.8 Å². The zero-order valence-corrected chi connectivity index (χ0v) is 11.5. The fourth-order valence-corrected chi connectivity index (χ4v) is 2.45. The molecule has 1 aromatic carbocycles. The Balaban J connectivity index is 2.46. The highest BCUT2D eigenvalue weighted by Gasteiger charge is 2.24. The second kappa shape index (κ2) is 5.25. The van der Waals surface area contributed by atoms with Crippen LogP contribution in [0.3, 0.4) is 0 Å². The van der Waals surface area contributed by atoms with Crippen molar-refractivity contribution >= 4 is 15.9 Å². The van der Waals surface area contributed by atoms with E-state index in [0.717, 1.165) is 22.1 Å². The van der Waals surface area contributed by atoms with Crippen molar-refractivity contribution in [1.82, 2.24) is 5.32 Å². The minimum atomic E-state index is -0.129. The number of hydrogen-bond donors (Lipinski definition) is 2. The van der Waals surface area contributed by atoms with Crippen molar-refractivity contribution in [2.45, 2.75) is 13.0 Å². The van der Waals surface area contributed by atoms with Gasteiger partial charge in [-0.05, 0) is 18.6 Å². The number of phenols is 1. The van der Waals surface area contributed by atoms with Crippen molar-refractivity contribution in [1.29, 1.82) is 0 Å². The molecule has 1 heterocycles. The smallest absolute Gasteiger partial charge is 0.163 e. The Kier molecular flexibility index (Phi) is 3.91. The number of benzene rings is 1. The van der Waals surface area contributed by atoms with E-state index in [-0.39, 0.29) is 11.9 Å². The van der Waals surface area contributed by atoms with Crippen LogP contribution in [-0.2, 0) is 4.74 Å². The van der Waals surface area contributed by atoms with Crippen molar-refractivity contribution in [3.05, 3.63) is 21.7 Å². The van der Waals surface area contributed by atoms with E-state index in [9.17, 15) is 5.11 Å². The Hall–Kier alpha value is -0.780. The highest BCUT2D eigenvalue weighted by molar-refractivity contribution is 9.10. The molecule has 0 aliphatic carbocycles. The van der Waals surface area contributed by atoms with E-state index in [2.05, 4.69) is 21.2 Å². The first-order valence-electron chi connectivity index (χ1n) is 5.53. The molecule has 17 heavy (non-hydrogen) atoms. The summed E-state index contributed by atoms with van der Waals surface area (Å²) in [6.07, 6.45) is -0.129. The number of ether oxygens (including phenoxy) is 2. The average molecular weight is 302 g/mol. The molecule has 1 aliphatic rings. The summed E-state index contributed by atoms with van der Waals surface area (Å²) in [5.41, 5.74) is 1.78. The number of nitrogens with one attached hydrogen (secondary N) is 1. The second-order valence-corrected chi connectivity index (χ2v) is 4.87. The topological polar surface area (TPSA) is 50.7 Å². The predicted octanol–water partition coefficient (Wildman–Crippen LogP) is 2.13. The molecule has 0 saturated carbocycles. The normalized spacial score (nSPS) is 20.3. The highest BCUT2D eigenvalue weighted by Crippen LogP contribution is 2.41. The lowest BCUT2D eigenvalue weighted by atomic mass is 10.0. The average Bonchev–Trinajstić information content (AvgIpc) is 2.35. The van der Waals surface area contributed by atoms with Crippen LogP contribution in [0.5, 0.6) is 11.5 Å². The summed E-state index contributed by atoms with van der Waals surface area (Å²) < 4.78 is 11.8. The van der Waals surface area contributed by atoms with E-state index >= 15 is 0 Å². The molecule has 1 aliphatic heterocycles. The Bertz CT molecular complexity index is 417. The van der Waals surface area contributed by atoms with Gasteiger partial charge in [-0.2, -0.15) is 0 Å². The summed E-state index contributed by atoms with van der Waals surface area (Å²) in [7, 11) is 1.54. The van der Waals surface area contributed by atoms with E-state index in [1.54, 1.807) is 13.2 Å². The predicted molar refractivity (Wildman–Crippen MR) is 68.7 cm³/mol. The van der Waals surface area contributed by atoms with Crippen LogP contribution in [0.1, 0.15) is 17.2 Å². The van der Waals surface area contributed by atoms with Crippen molar-refractivity contribution in [3.63, 3.8) is 0 Å². The van der Waals surface area contributed by atoms with Gasteiger partial charge in [-0.1, -0.05) is 15.9 Å². The third-order valence-electron chi connectivity index (χ3n) is 2.98. The molecule has 0 amide bonds. The number of halogens is 1. The number of rotatable bonds is 2. The van der Waals surface area contributed by atoms with Crippen LogP contribution in [0.2, 0.25) is 0 Å². The second-order valence-electron chi connectivity index (χ2n) is 4.01. The minimum Gasteiger partial charge on any atom is -0.504 e. The van der Waals surface area contributed by atoms with Gasteiger partial charge in [0, 0.05) is 23.1 Å². The molecule has 0 aromatic heterocycles. The van der Waals surface area contributed by atoms with E-state index in [4.69, 9.17) is 9.47 Å². The van der Waals surface area contributed by atoms with Crippen molar-refractivity contribution < 1.29 is 14.6 Å². The van der Waals surface area contributed by atoms with Crippen LogP contribution in [0, 0.1) is 6.92 Å². The molecule has 94 valence electrons. The quantitative estimate of drug-likeness (QED) is 0.879. The third-order valence-corrected chi connectivity index (χ3v) is 3.80. The van der Waals surface area contributed by atoms with Crippen molar-refractivity contribution in [3.8, 4) is 11.5 Å². The van der Waals surface area contributed by atoms with E-state index < -0.39 is 0 Å². The highest BCUT2D eigenvalue weighted by atomic mass is 79.9. The van der Waals surface area contributed by atoms with Gasteiger partial charge >= 0.3 is 0 Å². The summed E-state index contributed by atoms with van der Waals surface area (Å²) >= 11 is 3.47. The summed E-state index contributed by atoms with van der Waals surface area (Å²) in [5, 5.41) is 13.4. The number of phenolic OH excluding ortho intramolecular Hbond substituents is 1. The number of methoxy groups -OCH3 is 1. The maximum atomic E-state index is 10.2. The van der Waals surface area contributed by atoms with Gasteiger partial charge < -0.3 is 19.9 Å². The van der Waals surface area contributed by atoms with Crippen LogP contribution in [0.15, 0.2) is 10.5 Å². The minimum absolute atomic E-state index is 0.129. The maximum Gasteiger partial charge on any atom is 0.163 e. The zero-order valence-electron chi connectivity index (χ0n) is 9.92. The van der Waals surface area contributed by atoms with Crippen LogP contribution in [0.25, 0.3) is 0 Å². The molecule has 0 radical (unpaired) electrons. The van der Waals surface area contributed by atoms with Gasteiger partial charge in [0.25, 0.3) is 0 Å². The lowest BCUT2D eigenvalue weighted by Crippen LogP contribution is -2.33. The van der Waals surface area contributed by atoms with E-state index in [0.29, 0.717) is 18.9 Å². The molecule has 0 spiro atoms. The molecule has 5 heteroatoms. The fourth-order valence-electron chi connectivity index (χ4n) is 2.03. The van der Waals surface area contributed by atoms with Crippen molar-refractivity contribution in [2.75, 3.05) is 26.8 Å². The number of hydrogen-bond acceptors (Lipinski definition) is 4. The van der Waals surface area contributed by atoms with E-state index in [1.807, 2.05) is 6.92 Å². The van der Waals surface area contributed by atoms with Crippen molar-refractivity contribution in [2.24, 2.45) is 0 Å². The molecule has 2 rings (SSSR count). The molecule has 1 unspecified atom stereocenters. The number of morpholine rings is 1. The standard InChI is InChI=1S/C12H16BrNO3/c1-7-8(13)5-9(16-2)12(15)11(7)10-6-14-3-4-17-10/h5,10,14-15H,3-4,6H2,1-2H3. The lowest BCUT2D eigenvalue weighted by molar-refractivity contribution is 0.0257. The van der Waals surface area contributed by atoms with Crippen LogP contribution in [0.4, 0.5) is 0 Å². The summed E-state index contributed by atoms with van der Waals surface area (Å²) in [6, 6.07) is 1.77. The molecule has 0 bridgehead atoms. The first kappa shape index (κ1) is 12.7. The first-order valence-corrected chi connectivity index (χ1v) is 6.32. The van der Waals surface area contributed by atoms with Gasteiger partial charge in [-0.3, -0.25) is 0 Å². The van der Waals surface area contributed by atoms with Crippen LogP contribution < -0.4 is 10.1 Å². The molecule has 1 aromatic rings. The zero-order chi connectivity index (χ0) is 12.4. The van der Waals surface area contributed by atoms with Gasteiger partial charge in [-0.25, -0.2) is 0 Å². The monoisotopic (exact) mass is 301 g/mol. The SMILES string of the molecule is COc1cc(Br)c(C)c(C2CNCCO2)c1O. The molecule has 1 saturated heterocycles. The molecule has 1 fully saturated rings. The Labute approximate surface area is 109 Å². The lowest BCUT2D eigenvalue weighted by Gasteiger charge is -2.27. The Morgan fingerprint density at radius 3 is 2.94 bits per heavy atom. The summed E-state index contributed by atoms with van der Waals surface area (Å²) in [4.78, 5) is 0. The first-order chi connectivity index (χ1) is 8.15. The molecular formula is C12H16BrNO3. The molecule has 1 atom stereocenters. The van der Waals surface area contributed by atoms with E-state index in [1.165, 1.54) is 0 Å². The molecule has 4 nitrogen and oxygen atoms in total. The van der Waals surface area contributed by atoms with Crippen LogP contribution >= 0.6 is 15.9 Å². The summed E-state index contributed by atoms with van der Waals surface area (Å²) in [6.45, 7) is 4.16. The van der Waals surface area contributed by atoms with Gasteiger partial charge in [0.1, 0.15) is 0 Å². The molecule has 2 N–H and O–H groups in total. The largest absolute Gasteiger partial charge is 0.504 e. The fraction of sp³-hybridized carbons (Fsp3) is 0.500. The Morgan fingerprint density at radius 1 is 1.59 bits per heavy atom. The molecular weight excluding hydrogens is 286 g/mol. The van der Waals surface area contributed by atoms with Crippen LogP contribution in [-0.4, -0.2) is 31.9 Å².